The number of benzene rings is 1. The predicted molar refractivity (Wildman–Crippen MR) is 112 cm³/mol. The summed E-state index contributed by atoms with van der Waals surface area (Å²) in [5.74, 6) is -0.272. The molecule has 3 aromatic rings. The van der Waals surface area contributed by atoms with Crippen LogP contribution in [0.2, 0.25) is 0 Å². The van der Waals surface area contributed by atoms with Crippen LogP contribution in [0.1, 0.15) is 40.0 Å². The molecule has 1 atom stereocenters. The summed E-state index contributed by atoms with van der Waals surface area (Å²) in [4.78, 5) is 47.8. The summed E-state index contributed by atoms with van der Waals surface area (Å²) in [6, 6.07) is 7.87. The van der Waals surface area contributed by atoms with Gasteiger partial charge in [-0.05, 0) is 38.3 Å². The lowest BCUT2D eigenvalue weighted by molar-refractivity contribution is -0.118. The van der Waals surface area contributed by atoms with E-state index in [1.54, 1.807) is 11.8 Å². The number of amides is 1. The van der Waals surface area contributed by atoms with Gasteiger partial charge in [0.1, 0.15) is 15.5 Å². The largest absolute Gasteiger partial charge is 0.465 e. The topological polar surface area (TPSA) is 92.4 Å². The van der Waals surface area contributed by atoms with Crippen molar-refractivity contribution in [3.8, 4) is 0 Å². The predicted octanol–water partition coefficient (Wildman–Crippen LogP) is 2.99. The van der Waals surface area contributed by atoms with E-state index in [1.165, 1.54) is 7.11 Å². The lowest BCUT2D eigenvalue weighted by Crippen LogP contribution is -2.43. The molecule has 0 saturated carbocycles. The van der Waals surface area contributed by atoms with Crippen LogP contribution in [0.3, 0.4) is 0 Å². The number of hydrogen-bond acceptors (Lipinski definition) is 6. The highest BCUT2D eigenvalue weighted by atomic mass is 32.1. The van der Waals surface area contributed by atoms with Gasteiger partial charge in [0.05, 0.1) is 18.9 Å². The van der Waals surface area contributed by atoms with Gasteiger partial charge in [-0.3, -0.25) is 9.59 Å². The summed E-state index contributed by atoms with van der Waals surface area (Å²) in [5.41, 5.74) is 2.04. The van der Waals surface area contributed by atoms with Crippen LogP contribution in [0.15, 0.2) is 29.1 Å². The normalized spacial score (nSPS) is 16.0. The van der Waals surface area contributed by atoms with Crippen molar-refractivity contribution in [1.82, 2.24) is 9.97 Å². The van der Waals surface area contributed by atoms with E-state index in [-0.39, 0.29) is 34.2 Å². The van der Waals surface area contributed by atoms with Crippen molar-refractivity contribution in [3.63, 3.8) is 0 Å². The highest BCUT2D eigenvalue weighted by Gasteiger charge is 2.31. The van der Waals surface area contributed by atoms with Gasteiger partial charge in [-0.1, -0.05) is 18.2 Å². The number of aryl methyl sites for hydroxylation is 2. The van der Waals surface area contributed by atoms with E-state index in [0.29, 0.717) is 16.2 Å². The number of esters is 1. The van der Waals surface area contributed by atoms with Crippen LogP contribution in [0.25, 0.3) is 10.2 Å². The fraction of sp³-hybridized carbons (Fsp3) is 0.333. The molecule has 0 fully saturated rings. The van der Waals surface area contributed by atoms with Gasteiger partial charge in [-0.15, -0.1) is 11.3 Å². The number of methoxy groups -OCH3 is 1. The number of anilines is 1. The molecule has 0 radical (unpaired) electrons. The van der Waals surface area contributed by atoms with Gasteiger partial charge in [0.25, 0.3) is 5.56 Å². The lowest BCUT2D eigenvalue weighted by atomic mass is 9.95. The molecule has 0 unspecified atom stereocenters. The first-order valence-electron chi connectivity index (χ1n) is 9.41. The Labute approximate surface area is 171 Å². The van der Waals surface area contributed by atoms with E-state index in [0.717, 1.165) is 35.4 Å². The molecule has 1 aromatic carbocycles. The number of hydrogen-bond donors (Lipinski definition) is 1. The van der Waals surface area contributed by atoms with Crippen LogP contribution in [0, 0.1) is 6.92 Å². The number of fused-ring (bicyclic) bond motifs is 2. The molecule has 0 saturated heterocycles. The number of nitrogens with one attached hydrogen (secondary N) is 1. The highest BCUT2D eigenvalue weighted by molar-refractivity contribution is 7.20. The van der Waals surface area contributed by atoms with Crippen molar-refractivity contribution in [3.05, 3.63) is 56.4 Å². The SMILES string of the molecule is COC(=O)c1sc2nc(C)[nH]c(=O)c2c1CC(=O)N1c2ccccc2CC[C@@H]1C. The minimum Gasteiger partial charge on any atom is -0.465 e. The Hall–Kier alpha value is -3.00. The first-order valence-corrected chi connectivity index (χ1v) is 10.2. The number of carbonyl (C=O) groups is 2. The van der Waals surface area contributed by atoms with Crippen molar-refractivity contribution in [2.45, 2.75) is 39.2 Å². The second-order valence-electron chi connectivity index (χ2n) is 7.19. The molecule has 2 aromatic heterocycles. The number of aromatic amines is 1. The van der Waals surface area contributed by atoms with Crippen LogP contribution < -0.4 is 10.5 Å². The zero-order valence-corrected chi connectivity index (χ0v) is 17.3. The third-order valence-corrected chi connectivity index (χ3v) is 6.38. The van der Waals surface area contributed by atoms with Crippen molar-refractivity contribution in [2.24, 2.45) is 0 Å². The van der Waals surface area contributed by atoms with E-state index in [2.05, 4.69) is 9.97 Å². The lowest BCUT2D eigenvalue weighted by Gasteiger charge is -2.35. The Morgan fingerprint density at radius 2 is 2.10 bits per heavy atom. The Morgan fingerprint density at radius 3 is 2.86 bits per heavy atom. The maximum Gasteiger partial charge on any atom is 0.348 e. The van der Waals surface area contributed by atoms with E-state index >= 15 is 0 Å². The molecule has 0 spiro atoms. The van der Waals surface area contributed by atoms with Crippen molar-refractivity contribution in [2.75, 3.05) is 12.0 Å². The minimum absolute atomic E-state index is 0.0301. The van der Waals surface area contributed by atoms with Gasteiger partial charge in [-0.2, -0.15) is 0 Å². The van der Waals surface area contributed by atoms with Gasteiger partial charge >= 0.3 is 5.97 Å². The third-order valence-electron chi connectivity index (χ3n) is 5.27. The molecule has 8 heteroatoms. The molecule has 3 heterocycles. The number of rotatable bonds is 3. The minimum atomic E-state index is -0.569. The Kier molecular flexibility index (Phi) is 4.96. The first kappa shape index (κ1) is 19.3. The van der Waals surface area contributed by atoms with Crippen molar-refractivity contribution in [1.29, 1.82) is 0 Å². The summed E-state index contributed by atoms with van der Waals surface area (Å²) in [5, 5.41) is 0.285. The molecule has 1 amide bonds. The van der Waals surface area contributed by atoms with Gasteiger partial charge in [0.15, 0.2) is 0 Å². The highest BCUT2D eigenvalue weighted by Crippen LogP contribution is 2.33. The molecule has 4 rings (SSSR count). The Bertz CT molecular complexity index is 1180. The average molecular weight is 411 g/mol. The summed E-state index contributed by atoms with van der Waals surface area (Å²) in [7, 11) is 1.28. The van der Waals surface area contributed by atoms with Crippen LogP contribution in [0.5, 0.6) is 0 Å². The first-order chi connectivity index (χ1) is 13.9. The smallest absolute Gasteiger partial charge is 0.348 e. The molecule has 29 heavy (non-hydrogen) atoms. The molecule has 7 nitrogen and oxygen atoms in total. The van der Waals surface area contributed by atoms with Crippen molar-refractivity contribution < 1.29 is 14.3 Å². The number of para-hydroxylation sites is 1. The quantitative estimate of drug-likeness (QED) is 0.669. The van der Waals surface area contributed by atoms with Gasteiger partial charge in [0.2, 0.25) is 5.91 Å². The van der Waals surface area contributed by atoms with E-state index in [9.17, 15) is 14.4 Å². The summed E-state index contributed by atoms with van der Waals surface area (Å²) >= 11 is 1.08. The summed E-state index contributed by atoms with van der Waals surface area (Å²) in [6.45, 7) is 3.69. The maximum absolute atomic E-state index is 13.4. The number of nitrogens with zero attached hydrogens (tertiary/aromatic N) is 2. The molecular formula is C21H21N3O4S. The zero-order chi connectivity index (χ0) is 20.7. The fourth-order valence-corrected chi connectivity index (χ4v) is 5.06. The number of thiophene rings is 1. The average Bonchev–Trinajstić information content (AvgIpc) is 3.05. The second-order valence-corrected chi connectivity index (χ2v) is 8.19. The van der Waals surface area contributed by atoms with Crippen LogP contribution >= 0.6 is 11.3 Å². The molecule has 1 aliphatic rings. The van der Waals surface area contributed by atoms with Gasteiger partial charge in [0, 0.05) is 17.3 Å². The summed E-state index contributed by atoms with van der Waals surface area (Å²) in [6.07, 6.45) is 1.70. The molecule has 150 valence electrons. The third kappa shape index (κ3) is 3.33. The standard InChI is InChI=1S/C21H21N3O4S/c1-11-8-9-13-6-4-5-7-15(13)24(11)16(25)10-14-17-19(26)22-12(2)23-20(17)29-18(14)21(27)28-3/h4-7,11H,8-10H2,1-3H3,(H,22,23,26)/t11-/m0/s1. The molecular weight excluding hydrogens is 390 g/mol. The number of H-pyrrole nitrogens is 1. The zero-order valence-electron chi connectivity index (χ0n) is 16.4. The van der Waals surface area contributed by atoms with Crippen LogP contribution in [-0.2, 0) is 22.4 Å². The molecule has 1 N–H and O–H groups in total. The maximum atomic E-state index is 13.4. The van der Waals surface area contributed by atoms with E-state index in [1.807, 2.05) is 31.2 Å². The molecule has 0 bridgehead atoms. The molecule has 0 aliphatic carbocycles. The van der Waals surface area contributed by atoms with Gasteiger partial charge < -0.3 is 14.6 Å². The summed E-state index contributed by atoms with van der Waals surface area (Å²) < 4.78 is 4.89. The van der Waals surface area contributed by atoms with Gasteiger partial charge in [-0.25, -0.2) is 9.78 Å². The number of carbonyl (C=O) groups excluding carboxylic acids is 2. The van der Waals surface area contributed by atoms with Crippen molar-refractivity contribution >= 4 is 39.1 Å². The Morgan fingerprint density at radius 1 is 1.34 bits per heavy atom. The number of aromatic nitrogens is 2. The second kappa shape index (κ2) is 7.44. The number of ether oxygens (including phenoxy) is 1. The van der Waals surface area contributed by atoms with E-state index < -0.39 is 5.97 Å². The monoisotopic (exact) mass is 411 g/mol. The van der Waals surface area contributed by atoms with Crippen LogP contribution in [-0.4, -0.2) is 35.0 Å². The Balaban J connectivity index is 1.81. The van der Waals surface area contributed by atoms with Crippen LogP contribution in [0.4, 0.5) is 5.69 Å². The molecule has 1 aliphatic heterocycles. The van der Waals surface area contributed by atoms with E-state index in [4.69, 9.17) is 4.74 Å². The fourth-order valence-electron chi connectivity index (χ4n) is 3.90.